The summed E-state index contributed by atoms with van der Waals surface area (Å²) in [5.74, 6) is 1.84. The van der Waals surface area contributed by atoms with E-state index in [9.17, 15) is 0 Å². The highest BCUT2D eigenvalue weighted by molar-refractivity contribution is 7.26. The molecule has 0 amide bonds. The van der Waals surface area contributed by atoms with Crippen LogP contribution in [-0.4, -0.2) is 85.6 Å². The molecule has 0 unspecified atom stereocenters. The van der Waals surface area contributed by atoms with Gasteiger partial charge in [0, 0.05) is 79.3 Å². The highest BCUT2D eigenvalue weighted by atomic mass is 32.1. The molecule has 354 valence electrons. The number of thiophene rings is 1. The van der Waals surface area contributed by atoms with Crippen LogP contribution in [0.25, 0.3) is 70.7 Å². The third kappa shape index (κ3) is 10.3. The summed E-state index contributed by atoms with van der Waals surface area (Å²) in [7, 11) is 0. The van der Waals surface area contributed by atoms with E-state index in [2.05, 4.69) is 91.2 Å². The van der Waals surface area contributed by atoms with Gasteiger partial charge in [0.15, 0.2) is 11.6 Å². The van der Waals surface area contributed by atoms with Crippen molar-refractivity contribution < 1.29 is 28.4 Å². The average Bonchev–Trinajstić information content (AvgIpc) is 3.90. The van der Waals surface area contributed by atoms with Gasteiger partial charge in [-0.05, 0) is 92.8 Å². The molecule has 2 fully saturated rings. The summed E-state index contributed by atoms with van der Waals surface area (Å²) < 4.78 is 40.2. The molecule has 0 bridgehead atoms. The summed E-state index contributed by atoms with van der Waals surface area (Å²) in [6.45, 7) is 13.5. The summed E-state index contributed by atoms with van der Waals surface area (Å²) in [6.07, 6.45) is 8.51. The van der Waals surface area contributed by atoms with Crippen LogP contribution in [0.3, 0.4) is 0 Å². The van der Waals surface area contributed by atoms with Crippen LogP contribution in [0.4, 0.5) is 0 Å². The topological polar surface area (TPSA) is 99.0 Å². The molecule has 2 aliphatic heterocycles. The van der Waals surface area contributed by atoms with E-state index >= 15 is 0 Å². The molecule has 5 aromatic carbocycles. The lowest BCUT2D eigenvalue weighted by Gasteiger charge is -2.40. The van der Waals surface area contributed by atoms with Gasteiger partial charge in [0.25, 0.3) is 0 Å². The SMILES string of the molecule is CCC1(COCCCCCOCc2ccc3sc4c(ccc5c4c4cc(COCCCCCOCC6(CC)COC6)ccc4n5-c4nc(-c5ccccc5)nc(-c5ccccc5)n4)c3c2)COC1. The Labute approximate surface area is 403 Å². The first-order chi connectivity index (χ1) is 33.5. The first kappa shape index (κ1) is 46.6. The van der Waals surface area contributed by atoms with Gasteiger partial charge in [-0.3, -0.25) is 4.57 Å². The van der Waals surface area contributed by atoms with Crippen molar-refractivity contribution in [2.24, 2.45) is 10.8 Å². The summed E-state index contributed by atoms with van der Waals surface area (Å²) in [5, 5.41) is 4.82. The van der Waals surface area contributed by atoms with Crippen molar-refractivity contribution in [1.82, 2.24) is 19.5 Å². The molecule has 8 aromatic rings. The van der Waals surface area contributed by atoms with Crippen molar-refractivity contribution >= 4 is 53.3 Å². The van der Waals surface area contributed by atoms with Crippen LogP contribution in [0.15, 0.2) is 109 Å². The highest BCUT2D eigenvalue weighted by Crippen LogP contribution is 2.44. The summed E-state index contributed by atoms with van der Waals surface area (Å²) in [4.78, 5) is 15.4. The van der Waals surface area contributed by atoms with Crippen molar-refractivity contribution in [2.45, 2.75) is 78.4 Å². The Kier molecular flexibility index (Phi) is 14.9. The zero-order chi connectivity index (χ0) is 46.2. The van der Waals surface area contributed by atoms with Gasteiger partial charge in [-0.1, -0.05) is 92.7 Å². The van der Waals surface area contributed by atoms with E-state index in [4.69, 9.17) is 43.4 Å². The summed E-state index contributed by atoms with van der Waals surface area (Å²) >= 11 is 1.84. The first-order valence-corrected chi connectivity index (χ1v) is 25.6. The van der Waals surface area contributed by atoms with Crippen molar-refractivity contribution in [3.63, 3.8) is 0 Å². The minimum Gasteiger partial charge on any atom is -0.381 e. The van der Waals surface area contributed by atoms with Crippen LogP contribution in [0.5, 0.6) is 0 Å². The second-order valence-corrected chi connectivity index (χ2v) is 20.0. The molecule has 0 radical (unpaired) electrons. The van der Waals surface area contributed by atoms with Gasteiger partial charge in [-0.25, -0.2) is 4.98 Å². The number of nitrogens with zero attached hydrogens (tertiary/aromatic N) is 4. The van der Waals surface area contributed by atoms with E-state index in [0.717, 1.165) is 144 Å². The van der Waals surface area contributed by atoms with Crippen LogP contribution >= 0.6 is 11.3 Å². The third-order valence-corrected chi connectivity index (χ3v) is 15.2. The smallest absolute Gasteiger partial charge is 0.238 e. The normalized spacial score (nSPS) is 15.4. The van der Waals surface area contributed by atoms with E-state index in [-0.39, 0.29) is 10.8 Å². The fraction of sp³-hybridized carbons (Fsp3) is 0.421. The van der Waals surface area contributed by atoms with Crippen LogP contribution in [0.1, 0.15) is 76.3 Å². The Bertz CT molecular complexity index is 2860. The lowest BCUT2D eigenvalue weighted by molar-refractivity contribution is -0.150. The largest absolute Gasteiger partial charge is 0.381 e. The number of hydrogen-bond acceptors (Lipinski definition) is 10. The quantitative estimate of drug-likeness (QED) is 0.0519. The Morgan fingerprint density at radius 3 is 1.57 bits per heavy atom. The lowest BCUT2D eigenvalue weighted by atomic mass is 9.84. The summed E-state index contributed by atoms with van der Waals surface area (Å²) in [6, 6.07) is 38.4. The molecule has 68 heavy (non-hydrogen) atoms. The number of benzene rings is 5. The number of ether oxygens (including phenoxy) is 6. The molecule has 0 atom stereocenters. The number of unbranched alkanes of at least 4 members (excludes halogenated alkanes) is 4. The molecular weight excluding hydrogens is 869 g/mol. The van der Waals surface area contributed by atoms with E-state index < -0.39 is 0 Å². The predicted molar refractivity (Wildman–Crippen MR) is 274 cm³/mol. The number of aromatic nitrogens is 4. The Morgan fingerprint density at radius 2 is 1.04 bits per heavy atom. The second-order valence-electron chi connectivity index (χ2n) is 19.0. The van der Waals surface area contributed by atoms with Crippen molar-refractivity contribution in [3.05, 3.63) is 120 Å². The lowest BCUT2D eigenvalue weighted by Crippen LogP contribution is -2.45. The fourth-order valence-electron chi connectivity index (χ4n) is 9.41. The molecule has 0 N–H and O–H groups in total. The van der Waals surface area contributed by atoms with E-state index in [1.165, 1.54) is 31.1 Å². The van der Waals surface area contributed by atoms with Crippen molar-refractivity contribution in [2.75, 3.05) is 66.1 Å². The Morgan fingerprint density at radius 1 is 0.529 bits per heavy atom. The van der Waals surface area contributed by atoms with Crippen molar-refractivity contribution in [1.29, 1.82) is 0 Å². The zero-order valence-corrected chi connectivity index (χ0v) is 40.5. The Balaban J connectivity index is 0.899. The Hall–Kier alpha value is -5.11. The maximum atomic E-state index is 6.33. The van der Waals surface area contributed by atoms with Gasteiger partial charge in [0.2, 0.25) is 5.95 Å². The molecule has 3 aromatic heterocycles. The number of fused-ring (bicyclic) bond motifs is 7. The average molecular weight is 933 g/mol. The summed E-state index contributed by atoms with van der Waals surface area (Å²) in [5.41, 5.74) is 6.76. The molecule has 2 aliphatic rings. The van der Waals surface area contributed by atoms with Crippen LogP contribution in [0, 0.1) is 10.8 Å². The van der Waals surface area contributed by atoms with Gasteiger partial charge in [0.05, 0.1) is 63.9 Å². The van der Waals surface area contributed by atoms with E-state index in [0.29, 0.717) is 37.4 Å². The van der Waals surface area contributed by atoms with E-state index in [1.54, 1.807) is 0 Å². The number of rotatable bonds is 25. The standard InChI is InChI=1S/C57H64N4O6S/c1-3-56(37-66-38-56)35-64-29-15-7-13-27-62-33-41-21-24-48-47(32-41)51-49(61(48)55-59-53(43-17-9-5-10-18-43)58-54(60-55)44-19-11-6-12-20-44)25-23-45-46-31-42(22-26-50(46)68-52(45)51)34-63-28-14-8-16-30-65-36-57(4-2)39-67-40-57/h5-6,9-12,17-26,31-32H,3-4,7-8,13-16,27-30,33-40H2,1-2H3. The fourth-order valence-corrected chi connectivity index (χ4v) is 10.7. The van der Waals surface area contributed by atoms with Crippen LogP contribution in [0.2, 0.25) is 0 Å². The molecule has 11 heteroatoms. The molecule has 10 rings (SSSR count). The van der Waals surface area contributed by atoms with Crippen molar-refractivity contribution in [3.8, 4) is 28.7 Å². The zero-order valence-electron chi connectivity index (χ0n) is 39.7. The predicted octanol–water partition coefficient (Wildman–Crippen LogP) is 12.9. The van der Waals surface area contributed by atoms with Gasteiger partial charge >= 0.3 is 0 Å². The molecule has 10 nitrogen and oxygen atoms in total. The van der Waals surface area contributed by atoms with Gasteiger partial charge < -0.3 is 28.4 Å². The maximum Gasteiger partial charge on any atom is 0.238 e. The molecule has 0 aliphatic carbocycles. The monoisotopic (exact) mass is 932 g/mol. The minimum absolute atomic E-state index is 0.236. The highest BCUT2D eigenvalue weighted by Gasteiger charge is 2.37. The van der Waals surface area contributed by atoms with Crippen LogP contribution < -0.4 is 0 Å². The third-order valence-electron chi connectivity index (χ3n) is 14.0. The molecule has 0 spiro atoms. The second kappa shape index (κ2) is 21.7. The minimum atomic E-state index is 0.236. The van der Waals surface area contributed by atoms with Gasteiger partial charge in [-0.2, -0.15) is 9.97 Å². The van der Waals surface area contributed by atoms with Gasteiger partial charge in [0.1, 0.15) is 0 Å². The molecule has 0 saturated carbocycles. The molecule has 5 heterocycles. The van der Waals surface area contributed by atoms with Gasteiger partial charge in [-0.15, -0.1) is 11.3 Å². The van der Waals surface area contributed by atoms with Crippen LogP contribution in [-0.2, 0) is 41.6 Å². The first-order valence-electron chi connectivity index (χ1n) is 24.8. The number of hydrogen-bond donors (Lipinski definition) is 0. The van der Waals surface area contributed by atoms with E-state index in [1.807, 2.05) is 47.7 Å². The molecular formula is C57H64N4O6S. The maximum absolute atomic E-state index is 6.33. The molecule has 2 saturated heterocycles.